The van der Waals surface area contributed by atoms with Crippen LogP contribution in [0, 0.1) is 0 Å². The molecule has 0 bridgehead atoms. The lowest BCUT2D eigenvalue weighted by Crippen LogP contribution is -2.55. The molecular weight excluding hydrogens is 505 g/mol. The average molecular weight is 525 g/mol. The number of halogens is 3. The number of thiol groups is 1. The molecule has 3 amide bonds. The second-order valence-corrected chi connectivity index (χ2v) is 9.83. The van der Waals surface area contributed by atoms with Gasteiger partial charge in [0, 0.05) is 11.8 Å². The molecule has 0 aliphatic carbocycles. The van der Waals surface area contributed by atoms with Gasteiger partial charge in [0.1, 0.15) is 5.75 Å². The minimum Gasteiger partial charge on any atom is -0.508 e. The number of hydrogen-bond acceptors (Lipinski definition) is 4. The van der Waals surface area contributed by atoms with E-state index in [-0.39, 0.29) is 5.75 Å². The number of nitrogens with one attached hydrogen (secondary N) is 2. The Balaban J connectivity index is 1.86. The number of benzene rings is 3. The molecule has 0 aromatic heterocycles. The van der Waals surface area contributed by atoms with Crippen molar-refractivity contribution in [2.75, 3.05) is 5.32 Å². The Labute approximate surface area is 212 Å². The lowest BCUT2D eigenvalue weighted by Gasteiger charge is -2.33. The van der Waals surface area contributed by atoms with E-state index in [1.165, 1.54) is 12.1 Å². The summed E-state index contributed by atoms with van der Waals surface area (Å²) in [5.74, 6) is -1.26. The third-order valence-corrected chi connectivity index (χ3v) is 5.70. The van der Waals surface area contributed by atoms with Crippen LogP contribution in [0.2, 0.25) is 0 Å². The molecule has 33 heavy (non-hydrogen) atoms. The quantitative estimate of drug-likeness (QED) is 0.189. The molecule has 1 atom stereocenters. The molecule has 0 saturated carbocycles. The minimum atomic E-state index is -2.11. The van der Waals surface area contributed by atoms with Crippen molar-refractivity contribution in [2.24, 2.45) is 0 Å². The molecule has 0 spiro atoms. The number of carbonyl (C=O) groups excluding carboxylic acids is 2. The SMILES string of the molecule is O=C(NC(N(S)C(=O)Nc1cccc(O)c1)C(Cl)(Cl)Cl)C(c1ccccc1)c1ccccc1. The van der Waals surface area contributed by atoms with Crippen LogP contribution in [0.1, 0.15) is 17.0 Å². The highest BCUT2D eigenvalue weighted by Gasteiger charge is 2.41. The molecule has 0 saturated heterocycles. The topological polar surface area (TPSA) is 81.7 Å². The summed E-state index contributed by atoms with van der Waals surface area (Å²) < 4.78 is -1.33. The highest BCUT2D eigenvalue weighted by atomic mass is 35.6. The molecule has 172 valence electrons. The number of rotatable bonds is 6. The molecule has 3 rings (SSSR count). The molecule has 0 aliphatic rings. The van der Waals surface area contributed by atoms with Gasteiger partial charge in [-0.3, -0.25) is 4.79 Å². The standard InChI is InChI=1S/C23H20Cl3N3O3S/c24-23(25,26)21(29(33)22(32)27-17-12-7-13-18(30)14-17)28-20(31)19(15-8-3-1-4-9-15)16-10-5-2-6-11-16/h1-14,19,21,30,33H,(H,27,32)(H,28,31). The third kappa shape index (κ3) is 6.71. The number of phenols is 1. The molecule has 0 aliphatic heterocycles. The van der Waals surface area contributed by atoms with E-state index in [0.717, 1.165) is 15.4 Å². The first kappa shape index (κ1) is 25.1. The average Bonchev–Trinajstić information content (AvgIpc) is 2.78. The van der Waals surface area contributed by atoms with Gasteiger partial charge in [0.05, 0.1) is 5.92 Å². The van der Waals surface area contributed by atoms with Crippen molar-refractivity contribution in [3.05, 3.63) is 96.1 Å². The zero-order valence-corrected chi connectivity index (χ0v) is 20.2. The Kier molecular flexibility index (Phi) is 8.37. The molecule has 3 N–H and O–H groups in total. The summed E-state index contributed by atoms with van der Waals surface area (Å²) in [7, 11) is 0. The summed E-state index contributed by atoms with van der Waals surface area (Å²) in [6, 6.07) is 23.3. The Bertz CT molecular complexity index is 1060. The van der Waals surface area contributed by atoms with Crippen molar-refractivity contribution < 1.29 is 14.7 Å². The number of nitrogens with zero attached hydrogens (tertiary/aromatic N) is 1. The van der Waals surface area contributed by atoms with Crippen molar-refractivity contribution in [1.82, 2.24) is 9.62 Å². The predicted molar refractivity (Wildman–Crippen MR) is 135 cm³/mol. The minimum absolute atomic E-state index is 0.0432. The second kappa shape index (κ2) is 11.0. The van der Waals surface area contributed by atoms with E-state index in [1.54, 1.807) is 12.1 Å². The Morgan fingerprint density at radius 3 is 1.91 bits per heavy atom. The zero-order chi connectivity index (χ0) is 24.0. The maximum Gasteiger partial charge on any atom is 0.333 e. The molecule has 6 nitrogen and oxygen atoms in total. The Morgan fingerprint density at radius 2 is 1.42 bits per heavy atom. The molecule has 0 heterocycles. The summed E-state index contributed by atoms with van der Waals surface area (Å²) in [5, 5.41) is 14.8. The summed E-state index contributed by atoms with van der Waals surface area (Å²) in [6.07, 6.45) is -1.43. The van der Waals surface area contributed by atoms with Crippen LogP contribution in [0.15, 0.2) is 84.9 Å². The van der Waals surface area contributed by atoms with Gasteiger partial charge in [0.2, 0.25) is 9.70 Å². The monoisotopic (exact) mass is 523 g/mol. The Morgan fingerprint density at radius 1 is 0.879 bits per heavy atom. The Hall–Kier alpha value is -2.58. The summed E-state index contributed by atoms with van der Waals surface area (Å²) >= 11 is 22.5. The van der Waals surface area contributed by atoms with Crippen LogP contribution in [-0.2, 0) is 4.79 Å². The van der Waals surface area contributed by atoms with E-state index >= 15 is 0 Å². The summed E-state index contributed by atoms with van der Waals surface area (Å²) in [4.78, 5) is 26.2. The fourth-order valence-corrected chi connectivity index (χ4v) is 4.11. The van der Waals surface area contributed by atoms with Crippen molar-refractivity contribution in [2.45, 2.75) is 15.9 Å². The van der Waals surface area contributed by atoms with Crippen LogP contribution in [-0.4, -0.2) is 31.3 Å². The van der Waals surface area contributed by atoms with E-state index in [0.29, 0.717) is 5.69 Å². The highest BCUT2D eigenvalue weighted by Crippen LogP contribution is 2.34. The number of amides is 3. The van der Waals surface area contributed by atoms with Crippen molar-refractivity contribution in [1.29, 1.82) is 0 Å². The van der Waals surface area contributed by atoms with E-state index < -0.39 is 27.8 Å². The van der Waals surface area contributed by atoms with Crippen LogP contribution in [0.3, 0.4) is 0 Å². The number of phenolic OH excluding ortho intramolecular Hbond substituents is 1. The van der Waals surface area contributed by atoms with Crippen LogP contribution < -0.4 is 10.6 Å². The number of carbonyl (C=O) groups is 2. The van der Waals surface area contributed by atoms with E-state index in [1.807, 2.05) is 60.7 Å². The van der Waals surface area contributed by atoms with Gasteiger partial charge in [-0.2, -0.15) is 0 Å². The van der Waals surface area contributed by atoms with Gasteiger partial charge in [-0.05, 0) is 23.3 Å². The van der Waals surface area contributed by atoms with Crippen molar-refractivity contribution in [3.63, 3.8) is 0 Å². The van der Waals surface area contributed by atoms with Crippen LogP contribution in [0.25, 0.3) is 0 Å². The number of hydrogen-bond donors (Lipinski definition) is 4. The first-order chi connectivity index (χ1) is 15.7. The van der Waals surface area contributed by atoms with Gasteiger partial charge in [-0.1, -0.05) is 114 Å². The third-order valence-electron chi connectivity index (χ3n) is 4.67. The molecular formula is C23H20Cl3N3O3S. The van der Waals surface area contributed by atoms with E-state index in [9.17, 15) is 14.7 Å². The second-order valence-electron chi connectivity index (χ2n) is 7.03. The van der Waals surface area contributed by atoms with Gasteiger partial charge in [-0.25, -0.2) is 9.10 Å². The van der Waals surface area contributed by atoms with Gasteiger partial charge in [0.15, 0.2) is 6.17 Å². The smallest absolute Gasteiger partial charge is 0.333 e. The van der Waals surface area contributed by atoms with Crippen LogP contribution in [0.5, 0.6) is 5.75 Å². The first-order valence-corrected chi connectivity index (χ1v) is 11.3. The van der Waals surface area contributed by atoms with Gasteiger partial charge in [-0.15, -0.1) is 0 Å². The molecule has 3 aromatic rings. The van der Waals surface area contributed by atoms with Gasteiger partial charge < -0.3 is 15.7 Å². The summed E-state index contributed by atoms with van der Waals surface area (Å²) in [6.45, 7) is 0. The number of anilines is 1. The lowest BCUT2D eigenvalue weighted by atomic mass is 9.90. The van der Waals surface area contributed by atoms with Gasteiger partial charge in [0.25, 0.3) is 0 Å². The molecule has 1 unspecified atom stereocenters. The zero-order valence-electron chi connectivity index (χ0n) is 17.0. The predicted octanol–water partition coefficient (Wildman–Crippen LogP) is 5.72. The number of urea groups is 1. The maximum atomic E-state index is 13.4. The van der Waals surface area contributed by atoms with Crippen molar-refractivity contribution in [3.8, 4) is 5.75 Å². The number of alkyl halides is 3. The summed E-state index contributed by atoms with van der Waals surface area (Å²) in [5.41, 5.74) is 1.73. The number of aromatic hydroxyl groups is 1. The van der Waals surface area contributed by atoms with Crippen LogP contribution in [0.4, 0.5) is 10.5 Å². The van der Waals surface area contributed by atoms with Crippen LogP contribution >= 0.6 is 47.6 Å². The molecule has 0 fully saturated rings. The normalized spacial score (nSPS) is 12.2. The lowest BCUT2D eigenvalue weighted by molar-refractivity contribution is -0.122. The highest BCUT2D eigenvalue weighted by molar-refractivity contribution is 7.78. The fraction of sp³-hybridized carbons (Fsp3) is 0.130. The van der Waals surface area contributed by atoms with E-state index in [4.69, 9.17) is 34.8 Å². The molecule has 3 aromatic carbocycles. The fourth-order valence-electron chi connectivity index (χ4n) is 3.17. The largest absolute Gasteiger partial charge is 0.508 e. The molecule has 10 heteroatoms. The maximum absolute atomic E-state index is 13.4. The van der Waals surface area contributed by atoms with Crippen molar-refractivity contribution >= 4 is 65.2 Å². The van der Waals surface area contributed by atoms with Gasteiger partial charge >= 0.3 is 6.03 Å². The molecule has 0 radical (unpaired) electrons. The first-order valence-electron chi connectivity index (χ1n) is 9.72. The van der Waals surface area contributed by atoms with E-state index in [2.05, 4.69) is 23.4 Å².